The van der Waals surface area contributed by atoms with Crippen molar-refractivity contribution in [1.82, 2.24) is 4.98 Å². The number of aromatic nitrogens is 1. The quantitative estimate of drug-likeness (QED) is 0.781. The van der Waals surface area contributed by atoms with E-state index in [9.17, 15) is 0 Å². The molecule has 1 aromatic heterocycles. The molecule has 0 aliphatic carbocycles. The number of hydrogen-bond donors (Lipinski definition) is 1. The Labute approximate surface area is 91.7 Å². The molecule has 0 fully saturated rings. The molecule has 3 heteroatoms. The largest absolute Gasteiger partial charge is 0.384 e. The van der Waals surface area contributed by atoms with Gasteiger partial charge in [0.25, 0.3) is 0 Å². The molecule has 1 unspecified atom stereocenters. The fourth-order valence-electron chi connectivity index (χ4n) is 1.48. The van der Waals surface area contributed by atoms with Crippen LogP contribution in [0.3, 0.4) is 0 Å². The summed E-state index contributed by atoms with van der Waals surface area (Å²) < 4.78 is 5.59. The van der Waals surface area contributed by atoms with Crippen LogP contribution in [0.5, 0.6) is 0 Å². The van der Waals surface area contributed by atoms with Crippen molar-refractivity contribution >= 4 is 5.82 Å². The Balaban J connectivity index is 2.22. The van der Waals surface area contributed by atoms with Gasteiger partial charge in [0.2, 0.25) is 0 Å². The second kappa shape index (κ2) is 6.40. The van der Waals surface area contributed by atoms with Crippen molar-refractivity contribution in [3.8, 4) is 0 Å². The predicted molar refractivity (Wildman–Crippen MR) is 62.4 cm³/mol. The summed E-state index contributed by atoms with van der Waals surface area (Å²) in [6.07, 6.45) is 4.20. The number of ether oxygens (including phenoxy) is 1. The highest BCUT2D eigenvalue weighted by Crippen LogP contribution is 2.08. The first-order valence-electron chi connectivity index (χ1n) is 5.50. The molecule has 0 spiro atoms. The van der Waals surface area contributed by atoms with Crippen molar-refractivity contribution in [3.05, 3.63) is 23.9 Å². The molecule has 2 N–H and O–H groups in total. The number of anilines is 1. The lowest BCUT2D eigenvalue weighted by Gasteiger charge is -2.10. The van der Waals surface area contributed by atoms with Crippen molar-refractivity contribution < 1.29 is 4.74 Å². The van der Waals surface area contributed by atoms with Gasteiger partial charge in [-0.2, -0.15) is 0 Å². The van der Waals surface area contributed by atoms with Crippen LogP contribution in [0, 0.1) is 5.92 Å². The van der Waals surface area contributed by atoms with Gasteiger partial charge in [-0.05, 0) is 24.0 Å². The average molecular weight is 208 g/mol. The maximum absolute atomic E-state index is 5.59. The number of rotatable bonds is 6. The highest BCUT2D eigenvalue weighted by Gasteiger charge is 2.01. The molecule has 1 heterocycles. The van der Waals surface area contributed by atoms with Crippen LogP contribution in [-0.2, 0) is 11.3 Å². The van der Waals surface area contributed by atoms with Crippen LogP contribution < -0.4 is 5.73 Å². The van der Waals surface area contributed by atoms with Gasteiger partial charge in [0.05, 0.1) is 6.61 Å². The molecule has 0 aromatic carbocycles. The van der Waals surface area contributed by atoms with E-state index >= 15 is 0 Å². The maximum Gasteiger partial charge on any atom is 0.123 e. The first-order chi connectivity index (χ1) is 7.22. The van der Waals surface area contributed by atoms with Crippen LogP contribution in [0.4, 0.5) is 5.82 Å². The predicted octanol–water partition coefficient (Wildman–Crippen LogP) is 2.62. The molecule has 0 aliphatic heterocycles. The summed E-state index contributed by atoms with van der Waals surface area (Å²) in [5, 5.41) is 0. The van der Waals surface area contributed by atoms with Crippen LogP contribution in [-0.4, -0.2) is 11.6 Å². The van der Waals surface area contributed by atoms with E-state index in [1.807, 2.05) is 6.07 Å². The van der Waals surface area contributed by atoms with Gasteiger partial charge in [-0.25, -0.2) is 4.98 Å². The van der Waals surface area contributed by atoms with Crippen molar-refractivity contribution in [2.75, 3.05) is 12.3 Å². The van der Waals surface area contributed by atoms with E-state index in [-0.39, 0.29) is 0 Å². The molecule has 3 nitrogen and oxygen atoms in total. The third-order valence-corrected chi connectivity index (χ3v) is 2.30. The highest BCUT2D eigenvalue weighted by molar-refractivity contribution is 5.28. The van der Waals surface area contributed by atoms with Gasteiger partial charge in [0.15, 0.2) is 0 Å². The molecule has 0 bridgehead atoms. The van der Waals surface area contributed by atoms with Gasteiger partial charge in [0, 0.05) is 12.8 Å². The minimum atomic E-state index is 0.554. The monoisotopic (exact) mass is 208 g/mol. The molecule has 15 heavy (non-hydrogen) atoms. The van der Waals surface area contributed by atoms with Crippen LogP contribution in [0.2, 0.25) is 0 Å². The van der Waals surface area contributed by atoms with Gasteiger partial charge < -0.3 is 10.5 Å². The van der Waals surface area contributed by atoms with Crippen LogP contribution in [0.1, 0.15) is 32.3 Å². The van der Waals surface area contributed by atoms with E-state index in [1.54, 1.807) is 12.3 Å². The number of hydrogen-bond acceptors (Lipinski definition) is 3. The van der Waals surface area contributed by atoms with Crippen molar-refractivity contribution in [3.63, 3.8) is 0 Å². The van der Waals surface area contributed by atoms with Crippen molar-refractivity contribution in [2.24, 2.45) is 5.92 Å². The summed E-state index contributed by atoms with van der Waals surface area (Å²) in [5.41, 5.74) is 6.57. The van der Waals surface area contributed by atoms with Crippen LogP contribution >= 0.6 is 0 Å². The third-order valence-electron chi connectivity index (χ3n) is 2.30. The number of nitrogen functional groups attached to an aromatic ring is 1. The SMILES string of the molecule is CCCC(C)COCc1ccc(N)nc1. The molecular weight excluding hydrogens is 188 g/mol. The second-order valence-corrected chi connectivity index (χ2v) is 4.00. The zero-order chi connectivity index (χ0) is 11.1. The van der Waals surface area contributed by atoms with Gasteiger partial charge in [-0.15, -0.1) is 0 Å². The molecule has 1 rings (SSSR count). The average Bonchev–Trinajstić information content (AvgIpc) is 2.21. The zero-order valence-electron chi connectivity index (χ0n) is 9.57. The Morgan fingerprint density at radius 3 is 2.87 bits per heavy atom. The van der Waals surface area contributed by atoms with Crippen LogP contribution in [0.15, 0.2) is 18.3 Å². The summed E-state index contributed by atoms with van der Waals surface area (Å²) in [5.74, 6) is 1.19. The lowest BCUT2D eigenvalue weighted by atomic mass is 10.1. The normalized spacial score (nSPS) is 12.7. The van der Waals surface area contributed by atoms with Crippen LogP contribution in [0.25, 0.3) is 0 Å². The van der Waals surface area contributed by atoms with Gasteiger partial charge >= 0.3 is 0 Å². The first kappa shape index (κ1) is 12.0. The summed E-state index contributed by atoms with van der Waals surface area (Å²) in [4.78, 5) is 4.01. The number of nitrogens with zero attached hydrogens (tertiary/aromatic N) is 1. The molecular formula is C12H20N2O. The highest BCUT2D eigenvalue weighted by atomic mass is 16.5. The zero-order valence-corrected chi connectivity index (χ0v) is 9.57. The van der Waals surface area contributed by atoms with E-state index in [4.69, 9.17) is 10.5 Å². The Kier molecular flexibility index (Phi) is 5.12. The van der Waals surface area contributed by atoms with Gasteiger partial charge in [-0.3, -0.25) is 0 Å². The van der Waals surface area contributed by atoms with E-state index in [1.165, 1.54) is 12.8 Å². The molecule has 84 valence electrons. The molecule has 0 saturated heterocycles. The summed E-state index contributed by atoms with van der Waals surface area (Å²) in [6.45, 7) is 5.85. The molecule has 1 atom stereocenters. The summed E-state index contributed by atoms with van der Waals surface area (Å²) in [7, 11) is 0. The fraction of sp³-hybridized carbons (Fsp3) is 0.583. The van der Waals surface area contributed by atoms with E-state index in [0.29, 0.717) is 18.3 Å². The lowest BCUT2D eigenvalue weighted by Crippen LogP contribution is -2.05. The molecule has 0 amide bonds. The van der Waals surface area contributed by atoms with E-state index in [2.05, 4.69) is 18.8 Å². The first-order valence-corrected chi connectivity index (χ1v) is 5.50. The minimum absolute atomic E-state index is 0.554. The third kappa shape index (κ3) is 4.79. The Bertz CT molecular complexity index is 271. The van der Waals surface area contributed by atoms with E-state index < -0.39 is 0 Å². The summed E-state index contributed by atoms with van der Waals surface area (Å²) in [6, 6.07) is 3.75. The lowest BCUT2D eigenvalue weighted by molar-refractivity contribution is 0.0892. The maximum atomic E-state index is 5.59. The molecule has 0 radical (unpaired) electrons. The molecule has 0 saturated carbocycles. The van der Waals surface area contributed by atoms with Gasteiger partial charge in [-0.1, -0.05) is 26.3 Å². The Hall–Kier alpha value is -1.09. The number of nitrogens with two attached hydrogens (primary N) is 1. The Morgan fingerprint density at radius 1 is 1.47 bits per heavy atom. The second-order valence-electron chi connectivity index (χ2n) is 4.00. The van der Waals surface area contributed by atoms with Gasteiger partial charge in [0.1, 0.15) is 5.82 Å². The topological polar surface area (TPSA) is 48.1 Å². The fourth-order valence-corrected chi connectivity index (χ4v) is 1.48. The van der Waals surface area contributed by atoms with Crippen molar-refractivity contribution in [2.45, 2.75) is 33.3 Å². The smallest absolute Gasteiger partial charge is 0.123 e. The Morgan fingerprint density at radius 2 is 2.27 bits per heavy atom. The standard InChI is InChI=1S/C12H20N2O/c1-3-4-10(2)8-15-9-11-5-6-12(13)14-7-11/h5-7,10H,3-4,8-9H2,1-2H3,(H2,13,14). The number of pyridine rings is 1. The minimum Gasteiger partial charge on any atom is -0.384 e. The summed E-state index contributed by atoms with van der Waals surface area (Å²) >= 11 is 0. The molecule has 1 aromatic rings. The van der Waals surface area contributed by atoms with Crippen molar-refractivity contribution in [1.29, 1.82) is 0 Å². The van der Waals surface area contributed by atoms with E-state index in [0.717, 1.165) is 12.2 Å². The molecule has 0 aliphatic rings.